The molecular weight excluding hydrogens is 727 g/mol. The Bertz CT molecular complexity index is 1510. The molecule has 2 aliphatic rings. The summed E-state index contributed by atoms with van der Waals surface area (Å²) in [5.74, 6) is 0.822. The molecule has 0 amide bonds. The highest BCUT2D eigenvalue weighted by Gasteiger charge is 2.07. The first-order valence-corrected chi connectivity index (χ1v) is 18.7. The zero-order valence-corrected chi connectivity index (χ0v) is 35.4. The predicted molar refractivity (Wildman–Crippen MR) is 229 cm³/mol. The van der Waals surface area contributed by atoms with E-state index in [0.29, 0.717) is 0 Å². The van der Waals surface area contributed by atoms with Crippen LogP contribution in [0.5, 0.6) is 0 Å². The van der Waals surface area contributed by atoms with Crippen LogP contribution in [0.1, 0.15) is 46.0 Å². The second kappa shape index (κ2) is 33.9. The molecule has 0 aromatic carbocycles. The Morgan fingerprint density at radius 1 is 0.397 bits per heavy atom. The van der Waals surface area contributed by atoms with Gasteiger partial charge in [0.2, 0.25) is 0 Å². The Morgan fingerprint density at radius 3 is 1.26 bits per heavy atom. The van der Waals surface area contributed by atoms with Gasteiger partial charge in [0.05, 0.1) is 17.6 Å². The lowest BCUT2D eigenvalue weighted by Gasteiger charge is -2.24. The highest BCUT2D eigenvalue weighted by atomic mass is 15.2. The van der Waals surface area contributed by atoms with Gasteiger partial charge in [-0.3, -0.25) is 15.0 Å². The topological polar surface area (TPSA) is 174 Å². The quantitative estimate of drug-likeness (QED) is 0.155. The fourth-order valence-corrected chi connectivity index (χ4v) is 3.21. The first-order valence-electron chi connectivity index (χ1n) is 18.7. The van der Waals surface area contributed by atoms with Gasteiger partial charge in [0.15, 0.2) is 0 Å². The summed E-state index contributed by atoms with van der Waals surface area (Å²) in [6.07, 6.45) is 26.9. The van der Waals surface area contributed by atoms with Crippen molar-refractivity contribution in [3.05, 3.63) is 175 Å². The lowest BCUT2D eigenvalue weighted by atomic mass is 10.3. The van der Waals surface area contributed by atoms with Crippen molar-refractivity contribution in [2.75, 3.05) is 40.3 Å². The number of hydrogen-bond acceptors (Lipinski definition) is 15. The summed E-state index contributed by atoms with van der Waals surface area (Å²) in [6.45, 7) is 18.9. The predicted octanol–water partition coefficient (Wildman–Crippen LogP) is 6.35. The fraction of sp³-hybridized carbons (Fsp3) is 0.326. The molecule has 58 heavy (non-hydrogen) atoms. The summed E-state index contributed by atoms with van der Waals surface area (Å²) in [4.78, 5) is 39.0. The number of rotatable bonds is 0. The molecule has 0 spiro atoms. The first-order chi connectivity index (χ1) is 28.0. The van der Waals surface area contributed by atoms with Crippen LogP contribution < -0.4 is 0 Å². The van der Waals surface area contributed by atoms with Crippen molar-refractivity contribution in [1.29, 1.82) is 0 Å². The van der Waals surface area contributed by atoms with Gasteiger partial charge in [-0.05, 0) is 141 Å². The molecule has 0 aliphatic carbocycles. The summed E-state index contributed by atoms with van der Waals surface area (Å²) in [5, 5.41) is 14.6. The maximum Gasteiger partial charge on any atom is 0.125 e. The lowest BCUT2D eigenvalue weighted by molar-refractivity contribution is 0.229. The second-order valence-corrected chi connectivity index (χ2v) is 12.7. The van der Waals surface area contributed by atoms with Crippen LogP contribution in [0.15, 0.2) is 136 Å². The minimum atomic E-state index is 0.822. The van der Waals surface area contributed by atoms with Gasteiger partial charge in [0, 0.05) is 93.1 Å². The lowest BCUT2D eigenvalue weighted by Crippen LogP contribution is -2.32. The molecule has 7 aromatic rings. The summed E-state index contributed by atoms with van der Waals surface area (Å²) >= 11 is 0. The molecule has 2 aliphatic heterocycles. The molecule has 0 radical (unpaired) electrons. The van der Waals surface area contributed by atoms with Crippen LogP contribution in [0.4, 0.5) is 0 Å². The molecule has 0 bridgehead atoms. The Balaban J connectivity index is 0.000000327. The summed E-state index contributed by atoms with van der Waals surface area (Å²) in [5.41, 5.74) is 6.44. The van der Waals surface area contributed by atoms with Gasteiger partial charge in [0.1, 0.15) is 18.5 Å². The van der Waals surface area contributed by atoms with Crippen molar-refractivity contribution in [2.45, 2.75) is 54.9 Å². The average molecular weight is 786 g/mol. The van der Waals surface area contributed by atoms with Crippen LogP contribution in [0, 0.1) is 48.5 Å². The van der Waals surface area contributed by atoms with Crippen LogP contribution in [0.3, 0.4) is 0 Å². The van der Waals surface area contributed by atoms with E-state index in [0.717, 1.165) is 34.0 Å². The number of likely N-dealkylation sites (tertiary alicyclic amines) is 1. The molecule has 306 valence electrons. The van der Waals surface area contributed by atoms with Crippen molar-refractivity contribution in [3.63, 3.8) is 0 Å². The monoisotopic (exact) mass is 786 g/mol. The van der Waals surface area contributed by atoms with Crippen LogP contribution >= 0.6 is 0 Å². The third-order valence-electron chi connectivity index (χ3n) is 6.84. The molecular formula is C43H59N15. The van der Waals surface area contributed by atoms with E-state index in [-0.39, 0.29) is 0 Å². The molecule has 15 heteroatoms. The standard InChI is InChI=1S/C6H7N.6C5H6N2.C4H9N.C3H7N/c1-6-2-4-7-5-3-6;1-5-2-6-4-7-3-5;1-5-4-6-2-3-7-5;1-5-2-3-6-4-7-5;1-5-2-3-6-7-4-5;1-5-6-3-2-4-7-5;1-5-3-2-4-6-7-5;1-5-3-2-4-5;1-4-2-3-4/h2-5H,1H3;6*2-4H,1H3;2-4H2,1H3;2-3H2,1H3. The molecule has 15 nitrogen and oxygen atoms in total. The van der Waals surface area contributed by atoms with E-state index < -0.39 is 0 Å². The van der Waals surface area contributed by atoms with Gasteiger partial charge in [-0.25, -0.2) is 29.9 Å². The van der Waals surface area contributed by atoms with E-state index in [1.165, 1.54) is 50.8 Å². The van der Waals surface area contributed by atoms with Crippen LogP contribution in [0.2, 0.25) is 0 Å². The number of likely N-dealkylation sites (N-methyl/N-ethyl adjacent to an activating group) is 1. The number of pyridine rings is 1. The number of aryl methyl sites for hydroxylation is 7. The Hall–Kier alpha value is -6.45. The average Bonchev–Trinajstić information content (AvgIpc) is 4.03. The summed E-state index contributed by atoms with van der Waals surface area (Å²) < 4.78 is 0. The highest BCUT2D eigenvalue weighted by molar-refractivity contribution is 5.05. The van der Waals surface area contributed by atoms with Crippen molar-refractivity contribution >= 4 is 0 Å². The molecule has 7 aromatic heterocycles. The molecule has 9 rings (SSSR count). The van der Waals surface area contributed by atoms with E-state index in [1.54, 1.807) is 86.6 Å². The Morgan fingerprint density at radius 2 is 1.02 bits per heavy atom. The number of nitrogens with zero attached hydrogens (tertiary/aromatic N) is 15. The van der Waals surface area contributed by atoms with E-state index in [4.69, 9.17) is 0 Å². The van der Waals surface area contributed by atoms with E-state index in [9.17, 15) is 0 Å². The van der Waals surface area contributed by atoms with Crippen LogP contribution in [0.25, 0.3) is 0 Å². The second-order valence-electron chi connectivity index (χ2n) is 12.7. The minimum absolute atomic E-state index is 0.822. The van der Waals surface area contributed by atoms with E-state index in [1.807, 2.05) is 84.9 Å². The highest BCUT2D eigenvalue weighted by Crippen LogP contribution is 1.98. The van der Waals surface area contributed by atoms with Gasteiger partial charge in [-0.1, -0.05) is 0 Å². The van der Waals surface area contributed by atoms with E-state index in [2.05, 4.69) is 89.1 Å². The molecule has 0 atom stereocenters. The maximum absolute atomic E-state index is 3.92. The number of aromatic nitrogens is 13. The maximum atomic E-state index is 3.92. The van der Waals surface area contributed by atoms with Crippen molar-refractivity contribution in [2.24, 2.45) is 0 Å². The van der Waals surface area contributed by atoms with E-state index >= 15 is 0 Å². The van der Waals surface area contributed by atoms with Gasteiger partial charge in [0.25, 0.3) is 0 Å². The third-order valence-corrected chi connectivity index (χ3v) is 6.84. The van der Waals surface area contributed by atoms with Crippen molar-refractivity contribution in [3.8, 4) is 0 Å². The molecule has 2 saturated heterocycles. The zero-order valence-electron chi connectivity index (χ0n) is 35.4. The van der Waals surface area contributed by atoms with Crippen LogP contribution in [-0.2, 0) is 0 Å². The SMILES string of the molecule is CN1CC1.CN1CCC1.Cc1cccnn1.Cc1ccncc1.Cc1ccncn1.Cc1ccnnc1.Cc1cnccn1.Cc1cncnc1.Cc1ncccn1. The Kier molecular flexibility index (Phi) is 28.9. The minimum Gasteiger partial charge on any atom is -0.306 e. The van der Waals surface area contributed by atoms with Gasteiger partial charge < -0.3 is 9.80 Å². The summed E-state index contributed by atoms with van der Waals surface area (Å²) in [6, 6.07) is 13.3. The Labute approximate surface area is 344 Å². The molecule has 2 fully saturated rings. The van der Waals surface area contributed by atoms with Crippen LogP contribution in [-0.4, -0.2) is 115 Å². The van der Waals surface area contributed by atoms with Gasteiger partial charge in [-0.2, -0.15) is 20.4 Å². The normalized spacial score (nSPS) is 11.4. The largest absolute Gasteiger partial charge is 0.306 e. The molecule has 9 heterocycles. The molecule has 0 unspecified atom stereocenters. The van der Waals surface area contributed by atoms with Gasteiger partial charge in [-0.15, -0.1) is 0 Å². The van der Waals surface area contributed by atoms with Crippen molar-refractivity contribution in [1.82, 2.24) is 75.1 Å². The van der Waals surface area contributed by atoms with Gasteiger partial charge >= 0.3 is 0 Å². The molecule has 0 N–H and O–H groups in total. The first kappa shape index (κ1) is 49.6. The summed E-state index contributed by atoms with van der Waals surface area (Å²) in [7, 11) is 4.25. The molecule has 0 saturated carbocycles. The number of hydrogen-bond donors (Lipinski definition) is 0. The zero-order chi connectivity index (χ0) is 42.5. The fourth-order valence-electron chi connectivity index (χ4n) is 3.21. The van der Waals surface area contributed by atoms with Crippen molar-refractivity contribution < 1.29 is 0 Å². The third kappa shape index (κ3) is 34.1. The smallest absolute Gasteiger partial charge is 0.125 e.